The van der Waals surface area contributed by atoms with Crippen LogP contribution in [0.4, 0.5) is 0 Å². The topological polar surface area (TPSA) is 406 Å². The molecule has 28 bridgehead atoms. The van der Waals surface area contributed by atoms with Crippen LogP contribution in [0.5, 0.6) is 0 Å². The Morgan fingerprint density at radius 1 is 0.348 bits per heavy atom. The first kappa shape index (κ1) is 110. The summed E-state index contributed by atoms with van der Waals surface area (Å²) in [6.45, 7) is 17.8. The van der Waals surface area contributed by atoms with Crippen molar-refractivity contribution in [3.63, 3.8) is 0 Å². The zero-order chi connectivity index (χ0) is 97.0. The molecule has 0 aliphatic carbocycles. The Balaban J connectivity index is 0.000000195. The molecule has 141 heavy (non-hydrogen) atoms. The minimum Gasteiger partial charge on any atom is -0.549 e. The van der Waals surface area contributed by atoms with Crippen LogP contribution in [0.15, 0.2) is 218 Å². The molecule has 1 aromatic carbocycles. The molecule has 0 unspecified atom stereocenters. The second kappa shape index (κ2) is 52.8. The van der Waals surface area contributed by atoms with Crippen LogP contribution in [0.1, 0.15) is 188 Å². The van der Waals surface area contributed by atoms with E-state index in [1.807, 2.05) is 216 Å². The van der Waals surface area contributed by atoms with E-state index < -0.39 is 23.9 Å². The van der Waals surface area contributed by atoms with E-state index in [-0.39, 0.29) is 221 Å². The predicted octanol–water partition coefficient (Wildman–Crippen LogP) is 11.8. The number of carbonyl (C=O) groups excluding carboxylic acids is 6. The fraction of sp³-hybridized carbons (Fsp3) is 0.330. The molecular weight excluding hydrogens is 2190 g/mol. The van der Waals surface area contributed by atoms with E-state index in [2.05, 4.69) is 35.8 Å². The molecule has 0 spiro atoms. The molecule has 0 saturated heterocycles. The molecule has 19 rings (SSSR count). The number of pyridine rings is 12. The van der Waals surface area contributed by atoms with Crippen molar-refractivity contribution in [1.29, 1.82) is 0 Å². The summed E-state index contributed by atoms with van der Waals surface area (Å²) in [5.74, 6) is -4.77. The first-order valence-electron chi connectivity index (χ1n) is 47.2. The number of hydrogen-bond donors (Lipinski definition) is 2. The third-order valence-corrected chi connectivity index (χ3v) is 24.7. The first-order chi connectivity index (χ1) is 66.6. The van der Waals surface area contributed by atoms with Gasteiger partial charge in [0.2, 0.25) is 0 Å². The second-order valence-corrected chi connectivity index (χ2v) is 36.8. The van der Waals surface area contributed by atoms with Gasteiger partial charge in [0.25, 0.3) is 0 Å². The van der Waals surface area contributed by atoms with Crippen molar-refractivity contribution in [3.05, 3.63) is 320 Å². The van der Waals surface area contributed by atoms with E-state index in [9.17, 15) is 54.0 Å². The van der Waals surface area contributed by atoms with Crippen LogP contribution >= 0.6 is 0 Å². The van der Waals surface area contributed by atoms with Gasteiger partial charge in [-0.25, -0.2) is 34.7 Å². The maximum atomic E-state index is 13.7. The average Bonchev–Trinajstić information content (AvgIpc) is 0.795. The van der Waals surface area contributed by atoms with Gasteiger partial charge in [0.1, 0.15) is 0 Å². The predicted molar refractivity (Wildman–Crippen MR) is 517 cm³/mol. The molecular formula is C109H113Eu3N18O11+6. The van der Waals surface area contributed by atoms with Crippen molar-refractivity contribution >= 4 is 41.2 Å². The average molecular weight is 2310 g/mol. The number of aromatic carboxylic acids is 1. The molecule has 0 atom stereocenters. The SMILES string of the molecule is CC(C)C(=O)c1cc2nc(c1)-c1cc(C(=O)CCCN)cc(n1)CN1Cc3cccc(n3)-c3cccc(n3)CC(Cc3cccc(n3)-c3cccc(n3)C1)C2.CC(C)C(=O)c1cc2nc(c1)-c1cc(C(=O)O)cc(n1)CN1Cc3cccc(n3)-c3cccc(n3)CC(Cc3cccc(n3)-c3cccc(n3)C1)C2.CCN(CCN(CCN(CC(=O)[O-])Cc1ccc(C(C)C)cc1)CC(=O)[O-])CC(=O)[O-].[Eu+3].[Eu+3].[Eu+3]. The van der Waals surface area contributed by atoms with Crippen LogP contribution in [-0.4, -0.2) is 190 Å². The number of carboxylic acid groups (broad SMARTS) is 4. The maximum absolute atomic E-state index is 13.7. The Morgan fingerprint density at radius 3 is 0.957 bits per heavy atom. The number of hydrogen-bond acceptors (Lipinski definition) is 28. The number of rotatable bonds is 25. The molecule has 6 aliphatic heterocycles. The fourth-order valence-corrected chi connectivity index (χ4v) is 17.8. The smallest absolute Gasteiger partial charge is 0.549 e. The molecule has 32 heteroatoms. The molecule has 6 aliphatic rings. The van der Waals surface area contributed by atoms with Gasteiger partial charge < -0.3 is 40.5 Å². The molecule has 720 valence electrons. The Hall–Kier alpha value is -9.58. The third-order valence-electron chi connectivity index (χ3n) is 24.7. The minimum atomic E-state index is -1.25. The van der Waals surface area contributed by atoms with Crippen molar-refractivity contribution in [1.82, 2.24) is 84.3 Å². The number of aliphatic carboxylic acids is 3. The number of likely N-dealkylation sites (N-methyl/N-ethyl adjacent to an activating group) is 1. The number of nitrogens with zero attached hydrogens (tertiary/aromatic N) is 17. The Morgan fingerprint density at radius 2 is 0.624 bits per heavy atom. The zero-order valence-electron chi connectivity index (χ0n) is 80.0. The van der Waals surface area contributed by atoms with Crippen molar-refractivity contribution in [2.75, 3.05) is 58.9 Å². The summed E-state index contributed by atoms with van der Waals surface area (Å²) in [5, 5.41) is 43.3. The van der Waals surface area contributed by atoms with Gasteiger partial charge in [-0.3, -0.25) is 68.8 Å². The number of nitrogens with two attached hydrogens (primary N) is 1. The third kappa shape index (κ3) is 31.7. The van der Waals surface area contributed by atoms with Crippen molar-refractivity contribution in [2.24, 2.45) is 29.4 Å². The van der Waals surface area contributed by atoms with Gasteiger partial charge in [-0.2, -0.15) is 0 Å². The molecule has 3 N–H and O–H groups in total. The quantitative estimate of drug-likeness (QED) is 0.0502. The summed E-state index contributed by atoms with van der Waals surface area (Å²) in [4.78, 5) is 157. The van der Waals surface area contributed by atoms with Gasteiger partial charge in [0.05, 0.1) is 126 Å². The van der Waals surface area contributed by atoms with Gasteiger partial charge in [-0.05, 0) is 233 Å². The second-order valence-electron chi connectivity index (χ2n) is 36.8. The van der Waals surface area contributed by atoms with Crippen LogP contribution in [0.3, 0.4) is 0 Å². The van der Waals surface area contributed by atoms with Crippen LogP contribution in [0, 0.1) is 172 Å². The molecule has 18 heterocycles. The Bertz CT molecular complexity index is 6420. The molecule has 13 aromatic rings. The van der Waals surface area contributed by atoms with E-state index in [4.69, 9.17) is 65.5 Å². The molecule has 0 saturated carbocycles. The van der Waals surface area contributed by atoms with Crippen molar-refractivity contribution < 1.29 is 202 Å². The van der Waals surface area contributed by atoms with Crippen molar-refractivity contribution in [2.45, 2.75) is 152 Å². The minimum absolute atomic E-state index is 0. The molecule has 0 fully saturated rings. The summed E-state index contributed by atoms with van der Waals surface area (Å²) >= 11 is 0. The van der Waals surface area contributed by atoms with E-state index >= 15 is 0 Å². The number of benzene rings is 1. The van der Waals surface area contributed by atoms with Crippen LogP contribution in [-0.2, 0) is 98.7 Å². The monoisotopic (exact) mass is 2310 g/mol. The van der Waals surface area contributed by atoms with Gasteiger partial charge in [0.15, 0.2) is 17.3 Å². The summed E-state index contributed by atoms with van der Waals surface area (Å²) in [5.41, 5.74) is 27.9. The normalized spacial score (nSPS) is 15.0. The largest absolute Gasteiger partial charge is 3.00 e. The molecule has 0 radical (unpaired) electrons. The summed E-state index contributed by atoms with van der Waals surface area (Å²) < 4.78 is 0. The summed E-state index contributed by atoms with van der Waals surface area (Å²) in [7, 11) is 0. The van der Waals surface area contributed by atoms with E-state index in [0.717, 1.165) is 108 Å². The first-order valence-corrected chi connectivity index (χ1v) is 47.2. The number of carboxylic acids is 4. The van der Waals surface area contributed by atoms with Gasteiger partial charge in [0, 0.05) is 161 Å². The molecule has 29 nitrogen and oxygen atoms in total. The maximum Gasteiger partial charge on any atom is 3.00 e. The van der Waals surface area contributed by atoms with E-state index in [1.165, 1.54) is 5.56 Å². The molecule has 0 amide bonds. The Labute approximate surface area is 944 Å². The van der Waals surface area contributed by atoms with Crippen LogP contribution in [0.2, 0.25) is 0 Å². The van der Waals surface area contributed by atoms with E-state index in [0.29, 0.717) is 187 Å². The van der Waals surface area contributed by atoms with Gasteiger partial charge >= 0.3 is 154 Å². The number of ketones is 3. The molecule has 12 aromatic heterocycles. The van der Waals surface area contributed by atoms with Gasteiger partial charge in [-0.1, -0.05) is 121 Å². The number of Topliss-reactive ketones (excluding diaryl/α,β-unsaturated/α-hetero) is 3. The Kier molecular flexibility index (Phi) is 41.3. The number of carbonyl (C=O) groups is 7. The summed E-state index contributed by atoms with van der Waals surface area (Å²) in [6, 6.07) is 70.5. The van der Waals surface area contributed by atoms with Crippen LogP contribution < -0.4 is 21.1 Å². The zero-order valence-corrected chi connectivity index (χ0v) is 87.3. The van der Waals surface area contributed by atoms with Crippen molar-refractivity contribution in [3.8, 4) is 68.3 Å². The standard InChI is InChI=1S/C45H44N8O2.C42H37N7O3.C22H35N3O6.3Eu/c1-28(2)45(55)31-22-36-20-29-18-32-8-3-12-38(47-32)40-14-5-10-34(49-40)25-53(26-35-11-6-15-41(50-35)39-13-4-9-33(19-29)48-39)27-37-21-30(44(54)16-7-17-46)23-42(52-37)43(24-31)51-36;1-25(2)41(50)27-18-33-17-26-15-29-7-3-11-35(43-29)37-13-5-9-31(45-37)22-49(24-34-19-28(42(51)52)21-40(48-34)39(20-27)47-33)23-32-10-6-14-38(46-32)36-12-4-8-30(16-26)44-36;1-4-23(14-20(26)27)9-10-24(15-21(28)29)11-12-25(16-22(30)31)13-18-5-7-19(8-6-18)17(2)3;;;/h3-6,8-15,21-24,28-29H,7,16-20,25-27,46H2,1-2H3;3-14,18-21,25-26H,15-17,22-24H2,1-2H3,(H,51,52);5-8,17H,4,9-16H2,1-3H3,(H,26,27)(H,28,29)(H,30,31);;;/q;;;3*+3/p-3. The summed E-state index contributed by atoms with van der Waals surface area (Å²) in [6.07, 6.45) is 4.52. The van der Waals surface area contributed by atoms with E-state index in [1.54, 1.807) is 39.8 Å². The van der Waals surface area contributed by atoms with Gasteiger partial charge in [-0.15, -0.1) is 0 Å². The van der Waals surface area contributed by atoms with Crippen LogP contribution in [0.25, 0.3) is 68.3 Å². The fourth-order valence-electron chi connectivity index (χ4n) is 17.8. The number of aromatic nitrogens is 12.